The summed E-state index contributed by atoms with van der Waals surface area (Å²) in [5.41, 5.74) is 2.28. The van der Waals surface area contributed by atoms with Crippen LogP contribution in [0.4, 0.5) is 0 Å². The molecule has 0 N–H and O–H groups in total. The van der Waals surface area contributed by atoms with Gasteiger partial charge in [0.05, 0.1) is 11.9 Å². The summed E-state index contributed by atoms with van der Waals surface area (Å²) >= 11 is 0. The number of aromatic nitrogens is 2. The Balaban J connectivity index is 0. The molecule has 0 atom stereocenters. The van der Waals surface area contributed by atoms with Crippen molar-refractivity contribution in [3.05, 3.63) is 30.1 Å². The van der Waals surface area contributed by atoms with Crippen LogP contribution >= 0.6 is 0 Å². The van der Waals surface area contributed by atoms with Crippen LogP contribution in [-0.4, -0.2) is 9.78 Å². The summed E-state index contributed by atoms with van der Waals surface area (Å²) in [6, 6.07) is 0. The van der Waals surface area contributed by atoms with Gasteiger partial charge in [-0.05, 0) is 18.1 Å². The van der Waals surface area contributed by atoms with E-state index in [1.165, 1.54) is 12.0 Å². The SMILES string of the molecule is C=Cc1c(CC)cnn1C=[C-]C.CCC.[V]. The molecule has 1 radical (unpaired) electrons. The molecule has 0 bridgehead atoms. The molecule has 0 unspecified atom stereocenters. The van der Waals surface area contributed by atoms with E-state index in [4.69, 9.17) is 0 Å². The molecule has 16 heavy (non-hydrogen) atoms. The van der Waals surface area contributed by atoms with Gasteiger partial charge >= 0.3 is 0 Å². The molecule has 0 saturated heterocycles. The van der Waals surface area contributed by atoms with Gasteiger partial charge in [-0.25, -0.2) is 0 Å². The Kier molecular flexibility index (Phi) is 11.9. The summed E-state index contributed by atoms with van der Waals surface area (Å²) in [6.45, 7) is 11.9. The molecule has 3 heteroatoms. The summed E-state index contributed by atoms with van der Waals surface area (Å²) < 4.78 is 1.78. The first-order chi connectivity index (χ1) is 7.24. The van der Waals surface area contributed by atoms with Crippen LogP contribution in [0.25, 0.3) is 12.3 Å². The molecule has 0 aliphatic carbocycles. The van der Waals surface area contributed by atoms with Gasteiger partial charge in [0.25, 0.3) is 0 Å². The fourth-order valence-electron chi connectivity index (χ4n) is 1.13. The molecule has 89 valence electrons. The number of aryl methyl sites for hydroxylation is 1. The molecule has 1 heterocycles. The topological polar surface area (TPSA) is 17.8 Å². The second-order valence-electron chi connectivity index (χ2n) is 3.18. The molecular formula is C13H21N2V-. The van der Waals surface area contributed by atoms with E-state index in [0.29, 0.717) is 0 Å². The van der Waals surface area contributed by atoms with E-state index in [0.717, 1.165) is 12.1 Å². The minimum atomic E-state index is 0. The molecule has 0 fully saturated rings. The van der Waals surface area contributed by atoms with E-state index in [1.54, 1.807) is 10.9 Å². The maximum absolute atomic E-state index is 4.17. The van der Waals surface area contributed by atoms with Gasteiger partial charge in [0.2, 0.25) is 0 Å². The van der Waals surface area contributed by atoms with Crippen LogP contribution < -0.4 is 0 Å². The Hall–Kier alpha value is -0.726. The quantitative estimate of drug-likeness (QED) is 0.752. The second-order valence-corrected chi connectivity index (χ2v) is 3.18. The maximum Gasteiger partial charge on any atom is 0.0653 e. The Morgan fingerprint density at radius 3 is 2.38 bits per heavy atom. The van der Waals surface area contributed by atoms with E-state index in [-0.39, 0.29) is 18.6 Å². The smallest absolute Gasteiger partial charge is 0.0653 e. The van der Waals surface area contributed by atoms with E-state index in [9.17, 15) is 0 Å². The van der Waals surface area contributed by atoms with Gasteiger partial charge in [-0.3, -0.25) is 4.68 Å². The van der Waals surface area contributed by atoms with Crippen LogP contribution in [0.2, 0.25) is 0 Å². The number of hydrogen-bond donors (Lipinski definition) is 0. The summed E-state index contributed by atoms with van der Waals surface area (Å²) in [5, 5.41) is 4.17. The van der Waals surface area contributed by atoms with Gasteiger partial charge in [0.1, 0.15) is 0 Å². The average Bonchev–Trinajstić information content (AvgIpc) is 2.62. The third kappa shape index (κ3) is 5.38. The zero-order valence-corrected chi connectivity index (χ0v) is 12.1. The molecular weight excluding hydrogens is 235 g/mol. The molecule has 2 nitrogen and oxygen atoms in total. The zero-order valence-electron chi connectivity index (χ0n) is 10.7. The molecule has 0 aliphatic rings. The third-order valence-corrected chi connectivity index (χ3v) is 1.74. The van der Waals surface area contributed by atoms with E-state index < -0.39 is 0 Å². The predicted molar refractivity (Wildman–Crippen MR) is 67.3 cm³/mol. The van der Waals surface area contributed by atoms with Crippen LogP contribution in [-0.2, 0) is 25.0 Å². The largest absolute Gasteiger partial charge is 0.480 e. The van der Waals surface area contributed by atoms with Crippen LogP contribution in [0.5, 0.6) is 0 Å². The van der Waals surface area contributed by atoms with Gasteiger partial charge in [-0.2, -0.15) is 18.2 Å². The predicted octanol–water partition coefficient (Wildman–Crippen LogP) is 3.80. The first-order valence-electron chi connectivity index (χ1n) is 5.44. The first kappa shape index (κ1) is 17.7. The molecule has 0 aliphatic heterocycles. The van der Waals surface area contributed by atoms with Crippen molar-refractivity contribution < 1.29 is 18.6 Å². The molecule has 0 spiro atoms. The van der Waals surface area contributed by atoms with Crippen molar-refractivity contribution in [2.45, 2.75) is 40.5 Å². The van der Waals surface area contributed by atoms with Crippen molar-refractivity contribution in [3.63, 3.8) is 0 Å². The summed E-state index contributed by atoms with van der Waals surface area (Å²) in [7, 11) is 0. The third-order valence-electron chi connectivity index (χ3n) is 1.74. The summed E-state index contributed by atoms with van der Waals surface area (Å²) in [4.78, 5) is 0. The van der Waals surface area contributed by atoms with E-state index in [1.807, 2.05) is 19.2 Å². The molecule has 0 saturated carbocycles. The van der Waals surface area contributed by atoms with Crippen LogP contribution in [0, 0.1) is 6.08 Å². The fourth-order valence-corrected chi connectivity index (χ4v) is 1.13. The Morgan fingerprint density at radius 1 is 1.44 bits per heavy atom. The zero-order chi connectivity index (χ0) is 11.7. The molecule has 0 amide bonds. The molecule has 1 aromatic rings. The van der Waals surface area contributed by atoms with Gasteiger partial charge in [-0.15, -0.1) is 0 Å². The van der Waals surface area contributed by atoms with Crippen LogP contribution in [0.15, 0.2) is 12.8 Å². The Labute approximate surface area is 111 Å². The van der Waals surface area contributed by atoms with Crippen LogP contribution in [0.3, 0.4) is 0 Å². The van der Waals surface area contributed by atoms with Crippen LogP contribution in [0.1, 0.15) is 45.4 Å². The number of rotatable bonds is 3. The van der Waals surface area contributed by atoms with Crippen molar-refractivity contribution in [2.75, 3.05) is 0 Å². The Bertz CT molecular complexity index is 314. The van der Waals surface area contributed by atoms with Crippen molar-refractivity contribution in [1.29, 1.82) is 0 Å². The first-order valence-corrected chi connectivity index (χ1v) is 5.44. The summed E-state index contributed by atoms with van der Waals surface area (Å²) in [6.07, 6.45) is 10.6. The van der Waals surface area contributed by atoms with Gasteiger partial charge in [0.15, 0.2) is 0 Å². The maximum atomic E-state index is 4.17. The number of allylic oxidation sites excluding steroid dienone is 1. The van der Waals surface area contributed by atoms with Gasteiger partial charge < -0.3 is 6.08 Å². The molecule has 1 aromatic heterocycles. The molecule has 0 aromatic carbocycles. The average molecular weight is 256 g/mol. The van der Waals surface area contributed by atoms with Crippen molar-refractivity contribution in [3.8, 4) is 0 Å². The van der Waals surface area contributed by atoms with Crippen molar-refractivity contribution in [1.82, 2.24) is 9.78 Å². The minimum Gasteiger partial charge on any atom is -0.480 e. The molecule has 1 rings (SSSR count). The Morgan fingerprint density at radius 2 is 2.00 bits per heavy atom. The fraction of sp³-hybridized carbons (Fsp3) is 0.462. The van der Waals surface area contributed by atoms with Crippen molar-refractivity contribution in [2.24, 2.45) is 0 Å². The normalized spacial score (nSPS) is 9.25. The second kappa shape index (κ2) is 10.8. The van der Waals surface area contributed by atoms with Crippen molar-refractivity contribution >= 4 is 12.3 Å². The van der Waals surface area contributed by atoms with Gasteiger partial charge in [-0.1, -0.05) is 33.8 Å². The van der Waals surface area contributed by atoms with E-state index in [2.05, 4.69) is 38.5 Å². The monoisotopic (exact) mass is 256 g/mol. The summed E-state index contributed by atoms with van der Waals surface area (Å²) in [5.74, 6) is 0. The number of hydrogen-bond acceptors (Lipinski definition) is 1. The van der Waals surface area contributed by atoms with E-state index >= 15 is 0 Å². The standard InChI is InChI=1S/C10H13N2.C3H8.V/c1-4-7-12-10(6-3)9(5-2)8-11-12;1-3-2;/h6-8H,3,5H2,1-2H3;3H2,1-2H3;/q-1;;. The van der Waals surface area contributed by atoms with Gasteiger partial charge in [0, 0.05) is 18.6 Å². The number of nitrogens with zero attached hydrogens (tertiary/aromatic N) is 2. The minimum absolute atomic E-state index is 0.